The van der Waals surface area contributed by atoms with Gasteiger partial charge in [0, 0.05) is 23.9 Å². The number of amides is 1. The second kappa shape index (κ2) is 9.80. The standard InChI is InChI=1S/C23H27N5O/c1-17-10-12-19(13-11-17)25-23(29)20-16-21(24-14-7-15-28(2)3)27-22(26-20)18-8-5-4-6-9-18/h4-6,8-13,16H,7,14-15H2,1-3H3,(H,25,29)(H,24,26,27). The maximum absolute atomic E-state index is 12.8. The molecule has 0 fully saturated rings. The van der Waals surface area contributed by atoms with Crippen molar-refractivity contribution in [1.29, 1.82) is 0 Å². The van der Waals surface area contributed by atoms with Gasteiger partial charge in [0.1, 0.15) is 11.5 Å². The Balaban J connectivity index is 1.83. The topological polar surface area (TPSA) is 70.2 Å². The van der Waals surface area contributed by atoms with Gasteiger partial charge < -0.3 is 15.5 Å². The lowest BCUT2D eigenvalue weighted by Gasteiger charge is -2.12. The molecular weight excluding hydrogens is 362 g/mol. The van der Waals surface area contributed by atoms with E-state index in [-0.39, 0.29) is 5.91 Å². The molecule has 2 N–H and O–H groups in total. The van der Waals surface area contributed by atoms with Crippen LogP contribution in [-0.4, -0.2) is 48.0 Å². The van der Waals surface area contributed by atoms with E-state index >= 15 is 0 Å². The molecule has 2 aromatic carbocycles. The Labute approximate surface area is 172 Å². The zero-order valence-corrected chi connectivity index (χ0v) is 17.1. The highest BCUT2D eigenvalue weighted by Gasteiger charge is 2.13. The van der Waals surface area contributed by atoms with Gasteiger partial charge in [0.05, 0.1) is 0 Å². The lowest BCUT2D eigenvalue weighted by molar-refractivity contribution is 0.102. The normalized spacial score (nSPS) is 10.8. The van der Waals surface area contributed by atoms with Crippen molar-refractivity contribution in [2.24, 2.45) is 0 Å². The third-order valence-corrected chi connectivity index (χ3v) is 4.39. The van der Waals surface area contributed by atoms with Crippen molar-refractivity contribution in [3.05, 3.63) is 71.9 Å². The van der Waals surface area contributed by atoms with Gasteiger partial charge in [-0.2, -0.15) is 0 Å². The quantitative estimate of drug-likeness (QED) is 0.569. The highest BCUT2D eigenvalue weighted by atomic mass is 16.1. The van der Waals surface area contributed by atoms with Crippen molar-refractivity contribution >= 4 is 17.4 Å². The highest BCUT2D eigenvalue weighted by Crippen LogP contribution is 2.19. The van der Waals surface area contributed by atoms with Gasteiger partial charge in [-0.15, -0.1) is 0 Å². The van der Waals surface area contributed by atoms with Crippen LogP contribution in [0.5, 0.6) is 0 Å². The molecule has 1 amide bonds. The second-order valence-electron chi connectivity index (χ2n) is 7.23. The molecule has 6 nitrogen and oxygen atoms in total. The van der Waals surface area contributed by atoms with Crippen molar-refractivity contribution in [3.63, 3.8) is 0 Å². The van der Waals surface area contributed by atoms with Crippen molar-refractivity contribution in [2.75, 3.05) is 37.8 Å². The van der Waals surface area contributed by atoms with Crippen LogP contribution >= 0.6 is 0 Å². The number of hydrogen-bond donors (Lipinski definition) is 2. The minimum Gasteiger partial charge on any atom is -0.370 e. The first-order valence-corrected chi connectivity index (χ1v) is 9.72. The van der Waals surface area contributed by atoms with E-state index in [2.05, 4.69) is 25.5 Å². The van der Waals surface area contributed by atoms with Crippen LogP contribution in [0.15, 0.2) is 60.7 Å². The lowest BCUT2D eigenvalue weighted by atomic mass is 10.2. The molecule has 1 heterocycles. The summed E-state index contributed by atoms with van der Waals surface area (Å²) < 4.78 is 0. The van der Waals surface area contributed by atoms with Gasteiger partial charge in [0.15, 0.2) is 5.82 Å². The number of benzene rings is 2. The molecule has 0 saturated carbocycles. The van der Waals surface area contributed by atoms with Gasteiger partial charge >= 0.3 is 0 Å². The molecule has 3 aromatic rings. The summed E-state index contributed by atoms with van der Waals surface area (Å²) in [5, 5.41) is 6.23. The molecule has 0 aliphatic heterocycles. The average Bonchev–Trinajstić information content (AvgIpc) is 2.73. The van der Waals surface area contributed by atoms with Crippen LogP contribution in [0, 0.1) is 6.92 Å². The van der Waals surface area contributed by atoms with E-state index < -0.39 is 0 Å². The van der Waals surface area contributed by atoms with Crippen molar-refractivity contribution in [2.45, 2.75) is 13.3 Å². The van der Waals surface area contributed by atoms with Crippen LogP contribution < -0.4 is 10.6 Å². The van der Waals surface area contributed by atoms with E-state index in [1.54, 1.807) is 6.07 Å². The molecule has 1 aromatic heterocycles. The van der Waals surface area contributed by atoms with Crippen molar-refractivity contribution in [3.8, 4) is 11.4 Å². The molecule has 0 unspecified atom stereocenters. The number of carbonyl (C=O) groups is 1. The second-order valence-corrected chi connectivity index (χ2v) is 7.23. The van der Waals surface area contributed by atoms with E-state index in [1.165, 1.54) is 0 Å². The minimum absolute atomic E-state index is 0.259. The predicted molar refractivity (Wildman–Crippen MR) is 118 cm³/mol. The maximum Gasteiger partial charge on any atom is 0.274 e. The van der Waals surface area contributed by atoms with Gasteiger partial charge in [-0.05, 0) is 46.1 Å². The third kappa shape index (κ3) is 6.12. The van der Waals surface area contributed by atoms with E-state index in [0.29, 0.717) is 17.3 Å². The summed E-state index contributed by atoms with van der Waals surface area (Å²) in [5.74, 6) is 0.911. The first-order chi connectivity index (χ1) is 14.0. The Bertz CT molecular complexity index is 939. The number of aromatic nitrogens is 2. The monoisotopic (exact) mass is 389 g/mol. The molecule has 0 atom stereocenters. The van der Waals surface area contributed by atoms with Crippen molar-refractivity contribution < 1.29 is 4.79 Å². The molecule has 0 aliphatic carbocycles. The van der Waals surface area contributed by atoms with Crippen LogP contribution in [0.25, 0.3) is 11.4 Å². The number of anilines is 2. The summed E-state index contributed by atoms with van der Waals surface area (Å²) in [6.07, 6.45) is 0.975. The molecule has 0 bridgehead atoms. The number of hydrogen-bond acceptors (Lipinski definition) is 5. The fraction of sp³-hybridized carbons (Fsp3) is 0.261. The molecular formula is C23H27N5O. The molecule has 6 heteroatoms. The van der Waals surface area contributed by atoms with E-state index in [1.807, 2.05) is 75.6 Å². The number of rotatable bonds is 8. The molecule has 29 heavy (non-hydrogen) atoms. The van der Waals surface area contributed by atoms with Gasteiger partial charge in [-0.3, -0.25) is 4.79 Å². The first-order valence-electron chi connectivity index (χ1n) is 9.72. The summed E-state index contributed by atoms with van der Waals surface area (Å²) in [6.45, 7) is 3.75. The summed E-state index contributed by atoms with van der Waals surface area (Å²) in [7, 11) is 4.09. The number of nitrogens with zero attached hydrogens (tertiary/aromatic N) is 3. The maximum atomic E-state index is 12.8. The molecule has 150 valence electrons. The average molecular weight is 390 g/mol. The zero-order valence-electron chi connectivity index (χ0n) is 17.1. The van der Waals surface area contributed by atoms with E-state index in [0.717, 1.165) is 36.3 Å². The van der Waals surface area contributed by atoms with Gasteiger partial charge in [-0.25, -0.2) is 9.97 Å². The van der Waals surface area contributed by atoms with Gasteiger partial charge in [0.25, 0.3) is 5.91 Å². The summed E-state index contributed by atoms with van der Waals surface area (Å²) >= 11 is 0. The molecule has 0 saturated heterocycles. The Kier molecular flexibility index (Phi) is 6.92. The number of carbonyl (C=O) groups excluding carboxylic acids is 1. The Hall–Kier alpha value is -3.25. The van der Waals surface area contributed by atoms with E-state index in [4.69, 9.17) is 0 Å². The Morgan fingerprint density at radius 3 is 2.41 bits per heavy atom. The Morgan fingerprint density at radius 2 is 1.72 bits per heavy atom. The van der Waals surface area contributed by atoms with Crippen LogP contribution in [0.3, 0.4) is 0 Å². The molecule has 0 spiro atoms. The lowest BCUT2D eigenvalue weighted by Crippen LogP contribution is -2.18. The molecule has 0 radical (unpaired) electrons. The summed E-state index contributed by atoms with van der Waals surface area (Å²) in [5.41, 5.74) is 3.07. The summed E-state index contributed by atoms with van der Waals surface area (Å²) in [4.78, 5) is 24.1. The van der Waals surface area contributed by atoms with E-state index in [9.17, 15) is 4.79 Å². The smallest absolute Gasteiger partial charge is 0.274 e. The third-order valence-electron chi connectivity index (χ3n) is 4.39. The largest absolute Gasteiger partial charge is 0.370 e. The molecule has 0 aliphatic rings. The van der Waals surface area contributed by atoms with Crippen LogP contribution in [-0.2, 0) is 0 Å². The van der Waals surface area contributed by atoms with Gasteiger partial charge in [-0.1, -0.05) is 48.0 Å². The van der Waals surface area contributed by atoms with Crippen molar-refractivity contribution in [1.82, 2.24) is 14.9 Å². The van der Waals surface area contributed by atoms with Crippen LogP contribution in [0.2, 0.25) is 0 Å². The fourth-order valence-electron chi connectivity index (χ4n) is 2.81. The SMILES string of the molecule is Cc1ccc(NC(=O)c2cc(NCCCN(C)C)nc(-c3ccccc3)n2)cc1. The minimum atomic E-state index is -0.259. The fourth-order valence-corrected chi connectivity index (χ4v) is 2.81. The molecule has 3 rings (SSSR count). The number of nitrogens with one attached hydrogen (secondary N) is 2. The summed E-state index contributed by atoms with van der Waals surface area (Å²) in [6, 6.07) is 19.1. The van der Waals surface area contributed by atoms with Crippen LogP contribution in [0.4, 0.5) is 11.5 Å². The predicted octanol–water partition coefficient (Wildman–Crippen LogP) is 4.07. The van der Waals surface area contributed by atoms with Gasteiger partial charge in [0.2, 0.25) is 0 Å². The first kappa shape index (κ1) is 20.5. The highest BCUT2D eigenvalue weighted by molar-refractivity contribution is 6.03. The number of aryl methyl sites for hydroxylation is 1. The zero-order chi connectivity index (χ0) is 20.6. The van der Waals surface area contributed by atoms with Crippen LogP contribution in [0.1, 0.15) is 22.5 Å². The Morgan fingerprint density at radius 1 is 1.00 bits per heavy atom.